The Hall–Kier alpha value is -6.06. The molecule has 0 aliphatic carbocycles. The number of fused-ring (bicyclic) bond motifs is 2. The minimum atomic E-state index is -1.12. The molecule has 3 aliphatic heterocycles. The van der Waals surface area contributed by atoms with E-state index < -0.39 is 35.1 Å². The Kier molecular flexibility index (Phi) is 10.1. The number of hydrogen-bond acceptors (Lipinski definition) is 8. The average Bonchev–Trinajstić information content (AvgIpc) is 3.70. The minimum absolute atomic E-state index is 0.0223. The Morgan fingerprint density at radius 3 is 2.48 bits per heavy atom. The van der Waals surface area contributed by atoms with Crippen molar-refractivity contribution in [1.29, 1.82) is 0 Å². The van der Waals surface area contributed by atoms with Gasteiger partial charge in [0.1, 0.15) is 11.6 Å². The number of likely N-dealkylation sites (tertiary alicyclic amines) is 1. The number of rotatable bonds is 9. The fourth-order valence-corrected chi connectivity index (χ4v) is 8.73. The second-order valence-corrected chi connectivity index (χ2v) is 15.2. The lowest BCUT2D eigenvalue weighted by molar-refractivity contribution is -0.120. The van der Waals surface area contributed by atoms with E-state index in [9.17, 15) is 19.2 Å². The molecular weight excluding hydrogens is 772 g/mol. The highest BCUT2D eigenvalue weighted by Crippen LogP contribution is 2.56. The van der Waals surface area contributed by atoms with Crippen LogP contribution in [-0.4, -0.2) is 77.8 Å². The average molecular weight is 812 g/mol. The zero-order valence-corrected chi connectivity index (χ0v) is 32.7. The van der Waals surface area contributed by atoms with Gasteiger partial charge in [0, 0.05) is 85.3 Å². The van der Waals surface area contributed by atoms with Crippen molar-refractivity contribution in [3.05, 3.63) is 106 Å². The number of carbonyl (C=O) groups is 4. The van der Waals surface area contributed by atoms with E-state index in [-0.39, 0.29) is 70.6 Å². The number of piperidine rings is 1. The summed E-state index contributed by atoms with van der Waals surface area (Å²) >= 11 is 6.65. The van der Waals surface area contributed by atoms with Crippen LogP contribution in [0.3, 0.4) is 0 Å². The van der Waals surface area contributed by atoms with E-state index in [1.807, 2.05) is 37.3 Å². The summed E-state index contributed by atoms with van der Waals surface area (Å²) in [6.45, 7) is 3.30. The summed E-state index contributed by atoms with van der Waals surface area (Å²) in [5.41, 5.74) is 6.44. The number of benzene rings is 4. The third-order valence-electron chi connectivity index (χ3n) is 11.6. The van der Waals surface area contributed by atoms with Gasteiger partial charge in [0.15, 0.2) is 23.0 Å². The molecule has 5 amide bonds. The van der Waals surface area contributed by atoms with Crippen LogP contribution in [0.1, 0.15) is 63.9 Å². The van der Waals surface area contributed by atoms with E-state index in [1.54, 1.807) is 34.8 Å². The first kappa shape index (κ1) is 38.8. The van der Waals surface area contributed by atoms with Crippen LogP contribution in [0.4, 0.5) is 19.4 Å². The number of carbonyl (C=O) groups excluding carboxylic acids is 4. The molecule has 3 aliphatic rings. The number of aryl methyl sites for hydroxylation is 1. The zero-order valence-electron chi connectivity index (χ0n) is 31.9. The van der Waals surface area contributed by atoms with Crippen molar-refractivity contribution < 1.29 is 37.4 Å². The molecule has 4 N–H and O–H groups in total. The summed E-state index contributed by atoms with van der Waals surface area (Å²) in [6.07, 6.45) is 1.42. The van der Waals surface area contributed by atoms with Gasteiger partial charge in [0.25, 0.3) is 5.91 Å². The van der Waals surface area contributed by atoms with Gasteiger partial charge < -0.3 is 25.4 Å². The first-order valence-electron chi connectivity index (χ1n) is 18.9. The van der Waals surface area contributed by atoms with Crippen molar-refractivity contribution in [1.82, 2.24) is 25.3 Å². The molecule has 2 atom stereocenters. The smallest absolute Gasteiger partial charge is 0.329 e. The number of amides is 5. The highest BCUT2D eigenvalue weighted by Gasteiger charge is 2.50. The van der Waals surface area contributed by atoms with E-state index in [1.165, 1.54) is 30.2 Å². The Bertz CT molecular complexity index is 2510. The van der Waals surface area contributed by atoms with Crippen LogP contribution in [-0.2, 0) is 17.4 Å². The maximum atomic E-state index is 16.1. The predicted molar refractivity (Wildman–Crippen MR) is 212 cm³/mol. The number of hydrogen-bond donors (Lipinski definition) is 3. The Balaban J connectivity index is 1.03. The molecule has 2 fully saturated rings. The number of ether oxygens (including phenoxy) is 2. The topological polar surface area (TPSA) is 161 Å². The molecule has 0 saturated carbocycles. The number of aromatic nitrogens is 2. The molecule has 2 unspecified atom stereocenters. The van der Waals surface area contributed by atoms with Crippen LogP contribution in [0.15, 0.2) is 66.7 Å². The lowest BCUT2D eigenvalue weighted by Gasteiger charge is -2.38. The molecule has 16 heteroatoms. The molecule has 4 heterocycles. The highest BCUT2D eigenvalue weighted by atomic mass is 35.5. The quantitative estimate of drug-likeness (QED) is 0.163. The molecule has 5 aromatic rings. The molecule has 1 aromatic heterocycles. The fourth-order valence-electron chi connectivity index (χ4n) is 8.48. The van der Waals surface area contributed by atoms with Crippen LogP contribution in [0, 0.1) is 11.6 Å². The lowest BCUT2D eigenvalue weighted by Crippen LogP contribution is -2.50. The van der Waals surface area contributed by atoms with Crippen LogP contribution in [0.5, 0.6) is 11.5 Å². The van der Waals surface area contributed by atoms with Crippen molar-refractivity contribution in [2.75, 3.05) is 38.2 Å². The molecule has 2 saturated heterocycles. The third-order valence-corrected chi connectivity index (χ3v) is 11.9. The van der Waals surface area contributed by atoms with Crippen LogP contribution in [0.25, 0.3) is 22.0 Å². The van der Waals surface area contributed by atoms with Gasteiger partial charge in [-0.25, -0.2) is 13.6 Å². The Morgan fingerprint density at radius 2 is 1.79 bits per heavy atom. The Labute approximate surface area is 337 Å². The monoisotopic (exact) mass is 811 g/mol. The predicted octanol–water partition coefficient (Wildman–Crippen LogP) is 6.01. The number of anilines is 1. The van der Waals surface area contributed by atoms with Crippen molar-refractivity contribution in [2.24, 2.45) is 12.8 Å². The molecule has 4 aromatic carbocycles. The maximum Gasteiger partial charge on any atom is 0.329 e. The van der Waals surface area contributed by atoms with Gasteiger partial charge in [-0.05, 0) is 48.7 Å². The van der Waals surface area contributed by atoms with Gasteiger partial charge in [-0.2, -0.15) is 5.10 Å². The van der Waals surface area contributed by atoms with E-state index in [0.717, 1.165) is 5.56 Å². The fraction of sp³-hybridized carbons (Fsp3) is 0.310. The summed E-state index contributed by atoms with van der Waals surface area (Å²) < 4.78 is 45.4. The number of urea groups is 1. The van der Waals surface area contributed by atoms with Crippen molar-refractivity contribution in [2.45, 2.75) is 43.7 Å². The maximum absolute atomic E-state index is 16.1. The van der Waals surface area contributed by atoms with Crippen molar-refractivity contribution in [3.63, 3.8) is 0 Å². The summed E-state index contributed by atoms with van der Waals surface area (Å²) in [7, 11) is 3.02. The third kappa shape index (κ3) is 6.47. The molecule has 58 heavy (non-hydrogen) atoms. The summed E-state index contributed by atoms with van der Waals surface area (Å²) in [5, 5.41) is 10.8. The number of imide groups is 1. The second kappa shape index (κ2) is 15.0. The van der Waals surface area contributed by atoms with Crippen LogP contribution < -0.4 is 30.7 Å². The summed E-state index contributed by atoms with van der Waals surface area (Å²) in [6, 6.07) is 17.9. The van der Waals surface area contributed by atoms with Gasteiger partial charge in [-0.1, -0.05) is 48.9 Å². The number of nitrogens with one attached hydrogen (secondary N) is 2. The van der Waals surface area contributed by atoms with Crippen molar-refractivity contribution >= 4 is 52.1 Å². The zero-order chi connectivity index (χ0) is 41.0. The van der Waals surface area contributed by atoms with E-state index in [2.05, 4.69) is 15.7 Å². The minimum Gasteiger partial charge on any atom is -0.494 e. The SMILES string of the molecule is COc1ccc(C(N)=O)c(-c2c(Cl)c(F)cc3c2C(C)C(CNC2CCN(C(=O)c4ccc5c(N6CCC(=O)NC6=O)nn(C)c5c4)CC2)(c2ccccc2)O3)c1F. The molecule has 300 valence electrons. The molecule has 13 nitrogen and oxygen atoms in total. The number of methoxy groups -OCH3 is 1. The first-order valence-corrected chi connectivity index (χ1v) is 19.2. The van der Waals surface area contributed by atoms with Gasteiger partial charge in [-0.15, -0.1) is 0 Å². The van der Waals surface area contributed by atoms with E-state index in [0.29, 0.717) is 53.8 Å². The van der Waals surface area contributed by atoms with Gasteiger partial charge >= 0.3 is 6.03 Å². The van der Waals surface area contributed by atoms with Crippen molar-refractivity contribution in [3.8, 4) is 22.6 Å². The largest absolute Gasteiger partial charge is 0.494 e. The highest BCUT2D eigenvalue weighted by molar-refractivity contribution is 6.34. The number of halogens is 3. The Morgan fingerprint density at radius 1 is 1.05 bits per heavy atom. The lowest BCUT2D eigenvalue weighted by atomic mass is 9.77. The normalized spacial score (nSPS) is 19.6. The van der Waals surface area contributed by atoms with Gasteiger partial charge in [0.05, 0.1) is 23.2 Å². The summed E-state index contributed by atoms with van der Waals surface area (Å²) in [5.74, 6) is -3.32. The number of nitrogens with zero attached hydrogens (tertiary/aromatic N) is 4. The molecule has 0 spiro atoms. The van der Waals surface area contributed by atoms with Gasteiger partial charge in [-0.3, -0.25) is 29.3 Å². The first-order chi connectivity index (χ1) is 27.8. The molecule has 8 rings (SSSR count). The summed E-state index contributed by atoms with van der Waals surface area (Å²) in [4.78, 5) is 53.9. The second-order valence-electron chi connectivity index (χ2n) is 14.8. The molecule has 0 radical (unpaired) electrons. The molecule has 0 bridgehead atoms. The van der Waals surface area contributed by atoms with Gasteiger partial charge in [0.2, 0.25) is 11.8 Å². The van der Waals surface area contributed by atoms with E-state index in [4.69, 9.17) is 26.8 Å². The van der Waals surface area contributed by atoms with Crippen LogP contribution >= 0.6 is 11.6 Å². The van der Waals surface area contributed by atoms with Crippen LogP contribution in [0.2, 0.25) is 5.02 Å². The number of nitrogens with two attached hydrogens (primary N) is 1. The standard InChI is InChI=1S/C42H40ClF2N7O6/c1-22-33-31(20-28(44)36(43)35(33)34-27(38(46)54)11-12-30(57-3)37(34)45)58-42(22,24-7-5-4-6-8-24)21-47-25-13-16-51(17-14-25)40(55)23-9-10-26-29(19-23)50(2)49-39(26)52-18-15-32(53)48-41(52)56/h4-12,19-20,22,25,47H,13-18,21H2,1-3H3,(H2,46,54)(H,48,53,56). The van der Waals surface area contributed by atoms with E-state index >= 15 is 8.78 Å². The molecular formula is C42H40ClF2N7O6. The number of primary amides is 1.